The summed E-state index contributed by atoms with van der Waals surface area (Å²) in [5, 5.41) is 4.69. The Bertz CT molecular complexity index is 754. The van der Waals surface area contributed by atoms with E-state index in [1.165, 1.54) is 12.1 Å². The van der Waals surface area contributed by atoms with Gasteiger partial charge in [0.25, 0.3) is 11.8 Å². The van der Waals surface area contributed by atoms with Gasteiger partial charge in [0.1, 0.15) is 0 Å². The number of imide groups is 1. The van der Waals surface area contributed by atoms with Gasteiger partial charge in [-0.15, -0.1) is 0 Å². The molecule has 1 aromatic carbocycles. The molecule has 1 saturated heterocycles. The van der Waals surface area contributed by atoms with Crippen molar-refractivity contribution in [3.8, 4) is 0 Å². The Hall–Kier alpha value is -2.44. The SMILES string of the molecule is O=C1[C@@H]2[C@H](C(=O)N1N=Cc1cccc(C(F)(F)F)c1)[C@H]1C=C[C@H]2C1. The van der Waals surface area contributed by atoms with Gasteiger partial charge in [0, 0.05) is 0 Å². The van der Waals surface area contributed by atoms with Crippen molar-refractivity contribution in [1.29, 1.82) is 0 Å². The summed E-state index contributed by atoms with van der Waals surface area (Å²) in [4.78, 5) is 24.8. The highest BCUT2D eigenvalue weighted by Gasteiger charge is 2.59. The fourth-order valence-corrected chi connectivity index (χ4v) is 3.92. The first-order chi connectivity index (χ1) is 11.4. The first-order valence-corrected chi connectivity index (χ1v) is 7.63. The summed E-state index contributed by atoms with van der Waals surface area (Å²) in [6.45, 7) is 0. The lowest BCUT2D eigenvalue weighted by Crippen LogP contribution is -2.28. The van der Waals surface area contributed by atoms with Crippen molar-refractivity contribution in [2.75, 3.05) is 0 Å². The van der Waals surface area contributed by atoms with Crippen LogP contribution in [0.4, 0.5) is 13.2 Å². The number of nitrogens with zero attached hydrogens (tertiary/aromatic N) is 2. The van der Waals surface area contributed by atoms with E-state index in [4.69, 9.17) is 0 Å². The Balaban J connectivity index is 1.57. The lowest BCUT2D eigenvalue weighted by atomic mass is 9.85. The molecule has 0 radical (unpaired) electrons. The molecule has 1 saturated carbocycles. The third-order valence-corrected chi connectivity index (χ3v) is 4.98. The minimum Gasteiger partial charge on any atom is -0.272 e. The van der Waals surface area contributed by atoms with Crippen molar-refractivity contribution in [1.82, 2.24) is 5.01 Å². The van der Waals surface area contributed by atoms with Crippen LogP contribution in [0.3, 0.4) is 0 Å². The van der Waals surface area contributed by atoms with Crippen molar-refractivity contribution < 1.29 is 22.8 Å². The summed E-state index contributed by atoms with van der Waals surface area (Å²) in [5.41, 5.74) is -0.617. The van der Waals surface area contributed by atoms with Crippen LogP contribution in [0, 0.1) is 23.7 Å². The van der Waals surface area contributed by atoms with Crippen LogP contribution in [0.1, 0.15) is 17.5 Å². The Labute approximate surface area is 135 Å². The van der Waals surface area contributed by atoms with Gasteiger partial charge in [-0.25, -0.2) is 0 Å². The van der Waals surface area contributed by atoms with Gasteiger partial charge >= 0.3 is 6.18 Å². The molecule has 1 aromatic rings. The third kappa shape index (κ3) is 2.18. The summed E-state index contributed by atoms with van der Waals surface area (Å²) in [6.07, 6.45) is 1.43. The molecule has 4 nitrogen and oxygen atoms in total. The standard InChI is InChI=1S/C17H13F3N2O2/c18-17(19,20)12-3-1-2-9(6-12)8-21-22-15(23)13-10-4-5-11(7-10)14(13)16(22)24/h1-6,8,10-11,13-14H,7H2/t10-,11-,13-,14+/m0/s1. The number of halogens is 3. The second kappa shape index (κ2) is 5.03. The topological polar surface area (TPSA) is 49.7 Å². The molecule has 0 spiro atoms. The Kier molecular flexibility index (Phi) is 3.16. The first-order valence-electron chi connectivity index (χ1n) is 7.63. The molecule has 2 amide bonds. The van der Waals surface area contributed by atoms with Crippen molar-refractivity contribution in [3.63, 3.8) is 0 Å². The number of carbonyl (C=O) groups excluding carboxylic acids is 2. The van der Waals surface area contributed by atoms with Gasteiger partial charge in [-0.1, -0.05) is 24.3 Å². The number of benzene rings is 1. The molecule has 2 aliphatic carbocycles. The predicted molar refractivity (Wildman–Crippen MR) is 78.6 cm³/mol. The number of carbonyl (C=O) groups is 2. The molecule has 4 rings (SSSR count). The first kappa shape index (κ1) is 15.1. The average Bonchev–Trinajstić information content (AvgIpc) is 3.20. The minimum atomic E-state index is -4.45. The minimum absolute atomic E-state index is 0.0743. The van der Waals surface area contributed by atoms with Gasteiger partial charge in [-0.05, 0) is 36.0 Å². The number of hydrogen-bond donors (Lipinski definition) is 0. The van der Waals surface area contributed by atoms with Crippen LogP contribution in [0.15, 0.2) is 41.5 Å². The number of alkyl halides is 3. The maximum Gasteiger partial charge on any atom is 0.416 e. The molecular formula is C17H13F3N2O2. The van der Waals surface area contributed by atoms with Crippen LogP contribution < -0.4 is 0 Å². The monoisotopic (exact) mass is 334 g/mol. The average molecular weight is 334 g/mol. The largest absolute Gasteiger partial charge is 0.416 e. The molecule has 2 fully saturated rings. The normalized spacial score (nSPS) is 31.5. The Morgan fingerprint density at radius 3 is 2.29 bits per heavy atom. The molecule has 7 heteroatoms. The van der Waals surface area contributed by atoms with Crippen LogP contribution in [-0.2, 0) is 15.8 Å². The number of allylic oxidation sites excluding steroid dienone is 2. The number of hydrogen-bond acceptors (Lipinski definition) is 3. The quantitative estimate of drug-likeness (QED) is 0.474. The fraction of sp³-hybridized carbons (Fsp3) is 0.353. The van der Waals surface area contributed by atoms with Gasteiger partial charge in [0.05, 0.1) is 23.6 Å². The highest BCUT2D eigenvalue weighted by atomic mass is 19.4. The Morgan fingerprint density at radius 2 is 1.71 bits per heavy atom. The van der Waals surface area contributed by atoms with Crippen LogP contribution in [0.25, 0.3) is 0 Å². The van der Waals surface area contributed by atoms with Gasteiger partial charge in [0.15, 0.2) is 0 Å². The smallest absolute Gasteiger partial charge is 0.272 e. The zero-order chi connectivity index (χ0) is 17.1. The fourth-order valence-electron chi connectivity index (χ4n) is 3.92. The molecular weight excluding hydrogens is 321 g/mol. The second-order valence-electron chi connectivity index (χ2n) is 6.36. The van der Waals surface area contributed by atoms with Crippen molar-refractivity contribution >= 4 is 18.0 Å². The van der Waals surface area contributed by atoms with E-state index in [9.17, 15) is 22.8 Å². The van der Waals surface area contributed by atoms with Crippen molar-refractivity contribution in [2.24, 2.45) is 28.8 Å². The second-order valence-corrected chi connectivity index (χ2v) is 6.36. The molecule has 0 N–H and O–H groups in total. The highest BCUT2D eigenvalue weighted by molar-refractivity contribution is 6.06. The number of rotatable bonds is 2. The van der Waals surface area contributed by atoms with E-state index in [0.29, 0.717) is 0 Å². The van der Waals surface area contributed by atoms with Crippen LogP contribution in [0.5, 0.6) is 0 Å². The van der Waals surface area contributed by atoms with E-state index in [1.807, 2.05) is 12.2 Å². The number of fused-ring (bicyclic) bond motifs is 5. The Morgan fingerprint density at radius 1 is 1.08 bits per heavy atom. The number of amides is 2. The van der Waals surface area contributed by atoms with E-state index >= 15 is 0 Å². The van der Waals surface area contributed by atoms with E-state index < -0.39 is 11.7 Å². The molecule has 3 aliphatic rings. The lowest BCUT2D eigenvalue weighted by molar-refractivity contribution is -0.141. The molecule has 124 valence electrons. The van der Waals surface area contributed by atoms with E-state index in [-0.39, 0.29) is 41.0 Å². The van der Waals surface area contributed by atoms with Gasteiger partial charge < -0.3 is 0 Å². The zero-order valence-electron chi connectivity index (χ0n) is 12.4. The summed E-state index contributed by atoms with van der Waals surface area (Å²) >= 11 is 0. The number of hydrazone groups is 1. The third-order valence-electron chi connectivity index (χ3n) is 4.98. The molecule has 0 unspecified atom stereocenters. The maximum absolute atomic E-state index is 12.7. The van der Waals surface area contributed by atoms with Gasteiger partial charge in [-0.3, -0.25) is 9.59 Å². The lowest BCUT2D eigenvalue weighted by Gasteiger charge is -2.13. The summed E-state index contributed by atoms with van der Waals surface area (Å²) in [6, 6.07) is 4.59. The van der Waals surface area contributed by atoms with E-state index in [2.05, 4.69) is 5.10 Å². The predicted octanol–water partition coefficient (Wildman–Crippen LogP) is 2.85. The maximum atomic E-state index is 12.7. The van der Waals surface area contributed by atoms with Gasteiger partial charge in [-0.2, -0.15) is 23.3 Å². The summed E-state index contributed by atoms with van der Waals surface area (Å²) in [7, 11) is 0. The molecule has 24 heavy (non-hydrogen) atoms. The molecule has 2 bridgehead atoms. The summed E-state index contributed by atoms with van der Waals surface area (Å²) in [5.74, 6) is -1.30. The van der Waals surface area contributed by atoms with Crippen LogP contribution >= 0.6 is 0 Å². The molecule has 1 heterocycles. The van der Waals surface area contributed by atoms with Crippen molar-refractivity contribution in [2.45, 2.75) is 12.6 Å². The van der Waals surface area contributed by atoms with E-state index in [1.54, 1.807) is 0 Å². The highest BCUT2D eigenvalue weighted by Crippen LogP contribution is 2.52. The molecule has 4 atom stereocenters. The molecule has 0 aromatic heterocycles. The van der Waals surface area contributed by atoms with E-state index in [0.717, 1.165) is 29.8 Å². The zero-order valence-corrected chi connectivity index (χ0v) is 12.4. The molecule has 1 aliphatic heterocycles. The van der Waals surface area contributed by atoms with Crippen LogP contribution in [-0.4, -0.2) is 23.0 Å². The van der Waals surface area contributed by atoms with Crippen molar-refractivity contribution in [3.05, 3.63) is 47.5 Å². The van der Waals surface area contributed by atoms with Gasteiger partial charge in [0.2, 0.25) is 0 Å². The summed E-state index contributed by atoms with van der Waals surface area (Å²) < 4.78 is 38.1. The van der Waals surface area contributed by atoms with Crippen LogP contribution in [0.2, 0.25) is 0 Å².